The standard InChI is InChI=1S/C16H24N2O/c1-12-7-3-4-8-13(12)11-18-16(19)14-9-5-6-10-15(14)17-2/h5-6,9-10,12-13,17H,3-4,7-8,11H2,1-2H3,(H,18,19). The van der Waals surface area contributed by atoms with E-state index in [9.17, 15) is 4.79 Å². The molecule has 1 amide bonds. The van der Waals surface area contributed by atoms with Gasteiger partial charge in [-0.15, -0.1) is 0 Å². The quantitative estimate of drug-likeness (QED) is 0.872. The molecule has 2 atom stereocenters. The fourth-order valence-electron chi connectivity index (χ4n) is 2.91. The van der Waals surface area contributed by atoms with Gasteiger partial charge in [0.15, 0.2) is 0 Å². The second-order valence-corrected chi connectivity index (χ2v) is 5.53. The van der Waals surface area contributed by atoms with Crippen molar-refractivity contribution in [1.29, 1.82) is 0 Å². The molecule has 1 fully saturated rings. The monoisotopic (exact) mass is 260 g/mol. The third kappa shape index (κ3) is 3.49. The molecule has 1 aliphatic rings. The highest BCUT2D eigenvalue weighted by atomic mass is 16.1. The lowest BCUT2D eigenvalue weighted by molar-refractivity contribution is 0.0937. The smallest absolute Gasteiger partial charge is 0.253 e. The maximum atomic E-state index is 12.2. The number of carbonyl (C=O) groups excluding carboxylic acids is 1. The van der Waals surface area contributed by atoms with Gasteiger partial charge >= 0.3 is 0 Å². The van der Waals surface area contributed by atoms with Gasteiger partial charge in [-0.05, 0) is 30.4 Å². The van der Waals surface area contributed by atoms with E-state index in [1.54, 1.807) is 0 Å². The van der Waals surface area contributed by atoms with Gasteiger partial charge in [-0.25, -0.2) is 0 Å². The van der Waals surface area contributed by atoms with Crippen molar-refractivity contribution in [3.05, 3.63) is 29.8 Å². The number of anilines is 1. The minimum atomic E-state index is 0.0303. The first-order valence-corrected chi connectivity index (χ1v) is 7.27. The summed E-state index contributed by atoms with van der Waals surface area (Å²) in [6.45, 7) is 3.11. The van der Waals surface area contributed by atoms with Gasteiger partial charge in [0.25, 0.3) is 5.91 Å². The minimum Gasteiger partial charge on any atom is -0.387 e. The summed E-state index contributed by atoms with van der Waals surface area (Å²) in [5.74, 6) is 1.40. The molecule has 3 heteroatoms. The van der Waals surface area contributed by atoms with Gasteiger partial charge in [-0.1, -0.05) is 38.3 Å². The average Bonchev–Trinajstić information content (AvgIpc) is 2.46. The van der Waals surface area contributed by atoms with Crippen molar-refractivity contribution >= 4 is 11.6 Å². The van der Waals surface area contributed by atoms with E-state index in [-0.39, 0.29) is 5.91 Å². The molecule has 0 heterocycles. The van der Waals surface area contributed by atoms with Crippen molar-refractivity contribution in [2.45, 2.75) is 32.6 Å². The zero-order valence-corrected chi connectivity index (χ0v) is 11.9. The number of para-hydroxylation sites is 1. The first-order valence-electron chi connectivity index (χ1n) is 7.27. The van der Waals surface area contributed by atoms with Crippen LogP contribution in [0.25, 0.3) is 0 Å². The normalized spacial score (nSPS) is 22.8. The molecule has 1 aromatic rings. The summed E-state index contributed by atoms with van der Waals surface area (Å²) in [5.41, 5.74) is 1.62. The Balaban J connectivity index is 1.93. The first kappa shape index (κ1) is 13.9. The molecular weight excluding hydrogens is 236 g/mol. The fraction of sp³-hybridized carbons (Fsp3) is 0.562. The van der Waals surface area contributed by atoms with E-state index in [4.69, 9.17) is 0 Å². The van der Waals surface area contributed by atoms with E-state index >= 15 is 0 Å². The fourth-order valence-corrected chi connectivity index (χ4v) is 2.91. The highest BCUT2D eigenvalue weighted by Gasteiger charge is 2.22. The Bertz CT molecular complexity index is 431. The van der Waals surface area contributed by atoms with Gasteiger partial charge < -0.3 is 10.6 Å². The Kier molecular flexibility index (Phi) is 4.83. The third-order valence-corrected chi connectivity index (χ3v) is 4.25. The van der Waals surface area contributed by atoms with E-state index in [0.29, 0.717) is 5.92 Å². The van der Waals surface area contributed by atoms with Gasteiger partial charge in [0.1, 0.15) is 0 Å². The van der Waals surface area contributed by atoms with Gasteiger partial charge in [0, 0.05) is 19.3 Å². The number of rotatable bonds is 4. The Morgan fingerprint density at radius 2 is 2.00 bits per heavy atom. The maximum absolute atomic E-state index is 12.2. The van der Waals surface area contributed by atoms with E-state index in [1.807, 2.05) is 31.3 Å². The molecule has 1 aromatic carbocycles. The lowest BCUT2D eigenvalue weighted by Crippen LogP contribution is -2.33. The summed E-state index contributed by atoms with van der Waals surface area (Å²) in [6, 6.07) is 7.63. The Morgan fingerprint density at radius 3 is 2.74 bits per heavy atom. The van der Waals surface area contributed by atoms with Crippen molar-refractivity contribution < 1.29 is 4.79 Å². The second kappa shape index (κ2) is 6.60. The molecule has 2 unspecified atom stereocenters. The predicted molar refractivity (Wildman–Crippen MR) is 79.4 cm³/mol. The average molecular weight is 260 g/mol. The molecule has 0 aliphatic heterocycles. The zero-order valence-electron chi connectivity index (χ0n) is 11.9. The van der Waals surface area contributed by atoms with Crippen LogP contribution >= 0.6 is 0 Å². The summed E-state index contributed by atoms with van der Waals surface area (Å²) in [4.78, 5) is 12.2. The molecule has 104 valence electrons. The molecule has 1 aliphatic carbocycles. The van der Waals surface area contributed by atoms with Crippen LogP contribution in [0.15, 0.2) is 24.3 Å². The minimum absolute atomic E-state index is 0.0303. The first-order chi connectivity index (χ1) is 9.22. The summed E-state index contributed by atoms with van der Waals surface area (Å²) in [6.07, 6.45) is 5.19. The molecule has 0 spiro atoms. The number of carbonyl (C=O) groups is 1. The van der Waals surface area contributed by atoms with Crippen LogP contribution < -0.4 is 10.6 Å². The summed E-state index contributed by atoms with van der Waals surface area (Å²) in [5, 5.41) is 6.16. The van der Waals surface area contributed by atoms with Crippen molar-refractivity contribution in [2.75, 3.05) is 18.9 Å². The maximum Gasteiger partial charge on any atom is 0.253 e. The lowest BCUT2D eigenvalue weighted by atomic mass is 9.80. The Hall–Kier alpha value is -1.51. The predicted octanol–water partition coefficient (Wildman–Crippen LogP) is 3.28. The highest BCUT2D eigenvalue weighted by Crippen LogP contribution is 2.29. The molecule has 19 heavy (non-hydrogen) atoms. The van der Waals surface area contributed by atoms with Crippen LogP contribution in [-0.4, -0.2) is 19.5 Å². The zero-order chi connectivity index (χ0) is 13.7. The van der Waals surface area contributed by atoms with Crippen LogP contribution in [0, 0.1) is 11.8 Å². The number of benzene rings is 1. The van der Waals surface area contributed by atoms with Crippen LogP contribution in [0.2, 0.25) is 0 Å². The largest absolute Gasteiger partial charge is 0.387 e. The third-order valence-electron chi connectivity index (χ3n) is 4.25. The number of hydrogen-bond acceptors (Lipinski definition) is 2. The van der Waals surface area contributed by atoms with E-state index in [0.717, 1.165) is 23.7 Å². The second-order valence-electron chi connectivity index (χ2n) is 5.53. The van der Waals surface area contributed by atoms with Crippen LogP contribution in [0.1, 0.15) is 43.0 Å². The van der Waals surface area contributed by atoms with E-state index in [1.165, 1.54) is 25.7 Å². The Morgan fingerprint density at radius 1 is 1.26 bits per heavy atom. The van der Waals surface area contributed by atoms with Gasteiger partial charge in [-0.2, -0.15) is 0 Å². The van der Waals surface area contributed by atoms with Crippen LogP contribution in [0.5, 0.6) is 0 Å². The van der Waals surface area contributed by atoms with Crippen molar-refractivity contribution in [3.8, 4) is 0 Å². The summed E-state index contributed by atoms with van der Waals surface area (Å²) in [7, 11) is 1.84. The van der Waals surface area contributed by atoms with Crippen LogP contribution in [0.4, 0.5) is 5.69 Å². The molecule has 2 N–H and O–H groups in total. The van der Waals surface area contributed by atoms with Gasteiger partial charge in [-0.3, -0.25) is 4.79 Å². The van der Waals surface area contributed by atoms with Gasteiger partial charge in [0.05, 0.1) is 5.56 Å². The number of amides is 1. The van der Waals surface area contributed by atoms with Crippen molar-refractivity contribution in [1.82, 2.24) is 5.32 Å². The topological polar surface area (TPSA) is 41.1 Å². The summed E-state index contributed by atoms with van der Waals surface area (Å²) >= 11 is 0. The number of nitrogens with one attached hydrogen (secondary N) is 2. The van der Waals surface area contributed by atoms with Gasteiger partial charge in [0.2, 0.25) is 0 Å². The van der Waals surface area contributed by atoms with Crippen LogP contribution in [0.3, 0.4) is 0 Å². The molecule has 0 saturated heterocycles. The molecular formula is C16H24N2O. The summed E-state index contributed by atoms with van der Waals surface area (Å²) < 4.78 is 0. The molecule has 3 nitrogen and oxygen atoms in total. The highest BCUT2D eigenvalue weighted by molar-refractivity contribution is 5.99. The molecule has 0 aromatic heterocycles. The van der Waals surface area contributed by atoms with E-state index < -0.39 is 0 Å². The Labute approximate surface area is 115 Å². The SMILES string of the molecule is CNc1ccccc1C(=O)NCC1CCCCC1C. The van der Waals surface area contributed by atoms with E-state index in [2.05, 4.69) is 17.6 Å². The van der Waals surface area contributed by atoms with Crippen LogP contribution in [-0.2, 0) is 0 Å². The lowest BCUT2D eigenvalue weighted by Gasteiger charge is -2.28. The number of hydrogen-bond donors (Lipinski definition) is 2. The molecule has 1 saturated carbocycles. The van der Waals surface area contributed by atoms with Crippen molar-refractivity contribution in [2.24, 2.45) is 11.8 Å². The van der Waals surface area contributed by atoms with Crippen molar-refractivity contribution in [3.63, 3.8) is 0 Å². The molecule has 0 bridgehead atoms. The molecule has 0 radical (unpaired) electrons. The molecule has 2 rings (SSSR count).